The molecule has 0 unspecified atom stereocenters. The maximum atomic E-state index is 13.8. The SMILES string of the molecule is C[CH](C)[Ge]1([CH](C)C)[O]c2cc(F)ccc2N=Nc2ccc(F)cc2[O]1. The van der Waals surface area contributed by atoms with Crippen molar-refractivity contribution in [1.82, 2.24) is 0 Å². The van der Waals surface area contributed by atoms with Gasteiger partial charge in [0.2, 0.25) is 0 Å². The molecule has 0 amide bonds. The summed E-state index contributed by atoms with van der Waals surface area (Å²) in [5.74, 6) is -0.194. The summed E-state index contributed by atoms with van der Waals surface area (Å²) in [5, 5.41) is 8.33. The van der Waals surface area contributed by atoms with Gasteiger partial charge in [-0.25, -0.2) is 0 Å². The molecule has 0 saturated heterocycles. The second kappa shape index (κ2) is 6.74. The first-order valence-corrected chi connectivity index (χ1v) is 12.3. The Morgan fingerprint density at radius 3 is 1.52 bits per heavy atom. The monoisotopic (exact) mass is 408 g/mol. The fraction of sp³-hybridized carbons (Fsp3) is 0.333. The van der Waals surface area contributed by atoms with Crippen molar-refractivity contribution in [3.63, 3.8) is 0 Å². The van der Waals surface area contributed by atoms with Gasteiger partial charge in [-0.3, -0.25) is 0 Å². The quantitative estimate of drug-likeness (QED) is 0.540. The van der Waals surface area contributed by atoms with Gasteiger partial charge in [0.25, 0.3) is 0 Å². The minimum atomic E-state index is -3.59. The number of hydrogen-bond acceptors (Lipinski definition) is 4. The molecule has 25 heavy (non-hydrogen) atoms. The summed E-state index contributed by atoms with van der Waals surface area (Å²) >= 11 is -3.59. The van der Waals surface area contributed by atoms with Gasteiger partial charge in [-0.05, 0) is 0 Å². The van der Waals surface area contributed by atoms with Crippen molar-refractivity contribution in [2.75, 3.05) is 0 Å². The fourth-order valence-electron chi connectivity index (χ4n) is 2.92. The summed E-state index contributed by atoms with van der Waals surface area (Å²) in [5.41, 5.74) is 0.858. The average molecular weight is 407 g/mol. The number of rotatable bonds is 2. The first kappa shape index (κ1) is 17.9. The number of azo groups is 1. The van der Waals surface area contributed by atoms with E-state index in [-0.39, 0.29) is 9.50 Å². The summed E-state index contributed by atoms with van der Waals surface area (Å²) < 4.78 is 40.4. The first-order chi connectivity index (χ1) is 11.8. The summed E-state index contributed by atoms with van der Waals surface area (Å²) in [6.07, 6.45) is 0. The third kappa shape index (κ3) is 3.40. The van der Waals surface area contributed by atoms with E-state index in [1.54, 1.807) is 0 Å². The van der Waals surface area contributed by atoms with E-state index in [9.17, 15) is 8.78 Å². The predicted octanol–water partition coefficient (Wildman–Crippen LogP) is 6.41. The Bertz CT molecular complexity index is 757. The first-order valence-electron chi connectivity index (χ1n) is 8.20. The molecule has 0 radical (unpaired) electrons. The molecule has 0 aromatic heterocycles. The fourth-order valence-corrected chi connectivity index (χ4v) is 9.91. The molecule has 0 spiro atoms. The van der Waals surface area contributed by atoms with Gasteiger partial charge in [-0.15, -0.1) is 0 Å². The zero-order chi connectivity index (χ0) is 18.2. The number of hydrogen-bond donors (Lipinski definition) is 0. The van der Waals surface area contributed by atoms with Gasteiger partial charge in [-0.1, -0.05) is 0 Å². The maximum absolute atomic E-state index is 13.8. The zero-order valence-corrected chi connectivity index (χ0v) is 16.7. The standard InChI is InChI=1S/C18H20F2GeN2O2/c1-11(2)21(12(3)4)24-17-9-13(19)5-7-15(17)22-23-16-8-6-14(20)10-18(16)25-21/h5-12H,1-4H3. The van der Waals surface area contributed by atoms with E-state index in [1.807, 2.05) is 27.7 Å². The normalized spacial score (nSPS) is 15.5. The number of nitrogens with zero attached hydrogens (tertiary/aromatic N) is 2. The Balaban J connectivity index is 2.25. The topological polar surface area (TPSA) is 43.2 Å². The van der Waals surface area contributed by atoms with Crippen molar-refractivity contribution in [2.24, 2.45) is 10.2 Å². The summed E-state index contributed by atoms with van der Waals surface area (Å²) in [6.45, 7) is 8.07. The van der Waals surface area contributed by atoms with Gasteiger partial charge in [0.1, 0.15) is 0 Å². The third-order valence-electron chi connectivity index (χ3n) is 4.26. The van der Waals surface area contributed by atoms with E-state index in [4.69, 9.17) is 7.53 Å². The molecular weight excluding hydrogens is 387 g/mol. The van der Waals surface area contributed by atoms with Gasteiger partial charge >= 0.3 is 149 Å². The summed E-state index contributed by atoms with van der Waals surface area (Å²) in [4.78, 5) is 0. The molecule has 7 heteroatoms. The molecule has 1 heterocycles. The van der Waals surface area contributed by atoms with Crippen LogP contribution in [0.3, 0.4) is 0 Å². The molecular formula is C18H20F2GeN2O2. The van der Waals surface area contributed by atoms with E-state index in [2.05, 4.69) is 10.2 Å². The van der Waals surface area contributed by atoms with Crippen molar-refractivity contribution in [3.05, 3.63) is 48.0 Å². The summed E-state index contributed by atoms with van der Waals surface area (Å²) in [7, 11) is 0. The Morgan fingerprint density at radius 2 is 1.16 bits per heavy atom. The molecule has 1 aliphatic heterocycles. The Hall–Kier alpha value is -1.96. The van der Waals surface area contributed by atoms with Crippen molar-refractivity contribution >= 4 is 25.3 Å². The van der Waals surface area contributed by atoms with E-state index in [0.717, 1.165) is 0 Å². The van der Waals surface area contributed by atoms with Crippen LogP contribution in [0.1, 0.15) is 27.7 Å². The van der Waals surface area contributed by atoms with Crippen molar-refractivity contribution in [3.8, 4) is 11.5 Å². The van der Waals surface area contributed by atoms with Gasteiger partial charge in [0, 0.05) is 0 Å². The van der Waals surface area contributed by atoms with Crippen LogP contribution in [0.2, 0.25) is 9.50 Å². The van der Waals surface area contributed by atoms with Crippen LogP contribution in [-0.4, -0.2) is 13.9 Å². The van der Waals surface area contributed by atoms with Crippen LogP contribution in [0.15, 0.2) is 46.6 Å². The van der Waals surface area contributed by atoms with E-state index < -0.39 is 25.6 Å². The molecule has 0 aliphatic carbocycles. The zero-order valence-electron chi connectivity index (χ0n) is 14.6. The third-order valence-corrected chi connectivity index (χ3v) is 13.3. The molecule has 0 N–H and O–H groups in total. The van der Waals surface area contributed by atoms with Crippen LogP contribution in [-0.2, 0) is 0 Å². The number of benzene rings is 2. The molecule has 3 rings (SSSR count). The number of halogens is 2. The molecule has 132 valence electrons. The molecule has 1 aliphatic rings. The van der Waals surface area contributed by atoms with Crippen LogP contribution in [0.25, 0.3) is 0 Å². The number of fused-ring (bicyclic) bond motifs is 2. The summed E-state index contributed by atoms with van der Waals surface area (Å²) in [6, 6.07) is 8.28. The Morgan fingerprint density at radius 1 is 0.760 bits per heavy atom. The molecule has 0 atom stereocenters. The van der Waals surface area contributed by atoms with E-state index in [0.29, 0.717) is 22.9 Å². The second-order valence-electron chi connectivity index (χ2n) is 6.66. The molecule has 2 aromatic carbocycles. The van der Waals surface area contributed by atoms with Crippen LogP contribution >= 0.6 is 0 Å². The molecule has 4 nitrogen and oxygen atoms in total. The van der Waals surface area contributed by atoms with Gasteiger partial charge in [0.15, 0.2) is 0 Å². The van der Waals surface area contributed by atoms with Crippen molar-refractivity contribution in [2.45, 2.75) is 37.2 Å². The van der Waals surface area contributed by atoms with Gasteiger partial charge < -0.3 is 0 Å². The minimum absolute atomic E-state index is 0.0744. The van der Waals surface area contributed by atoms with Crippen LogP contribution in [0.4, 0.5) is 20.2 Å². The Labute approximate surface area is 148 Å². The van der Waals surface area contributed by atoms with Gasteiger partial charge in [0.05, 0.1) is 0 Å². The van der Waals surface area contributed by atoms with Crippen molar-refractivity contribution in [1.29, 1.82) is 0 Å². The molecule has 2 aromatic rings. The molecule has 0 bridgehead atoms. The van der Waals surface area contributed by atoms with Crippen molar-refractivity contribution < 1.29 is 16.3 Å². The molecule has 0 saturated carbocycles. The molecule has 0 fully saturated rings. The van der Waals surface area contributed by atoms with Crippen LogP contribution in [0, 0.1) is 11.6 Å². The van der Waals surface area contributed by atoms with Crippen LogP contribution in [0.5, 0.6) is 11.5 Å². The Kier molecular flexibility index (Phi) is 4.82. The second-order valence-corrected chi connectivity index (χ2v) is 15.4. The van der Waals surface area contributed by atoms with E-state index >= 15 is 0 Å². The predicted molar refractivity (Wildman–Crippen MR) is 94.2 cm³/mol. The van der Waals surface area contributed by atoms with Crippen LogP contribution < -0.4 is 7.53 Å². The van der Waals surface area contributed by atoms with Gasteiger partial charge in [-0.2, -0.15) is 0 Å². The van der Waals surface area contributed by atoms with E-state index in [1.165, 1.54) is 36.4 Å². The average Bonchev–Trinajstić information content (AvgIpc) is 2.60.